The van der Waals surface area contributed by atoms with Crippen molar-refractivity contribution in [2.45, 2.75) is 26.2 Å². The molecule has 0 bridgehead atoms. The van der Waals surface area contributed by atoms with Gasteiger partial charge in [0, 0.05) is 0 Å². The summed E-state index contributed by atoms with van der Waals surface area (Å²) in [6.07, 6.45) is 1.13. The zero-order valence-electron chi connectivity index (χ0n) is 9.29. The maximum absolute atomic E-state index is 7.04. The first-order chi connectivity index (χ1) is 7.13. The van der Waals surface area contributed by atoms with E-state index in [0.29, 0.717) is 5.92 Å². The van der Waals surface area contributed by atoms with Crippen molar-refractivity contribution >= 4 is 5.84 Å². The molecule has 1 unspecified atom stereocenters. The van der Waals surface area contributed by atoms with Gasteiger partial charge in [0.05, 0.1) is 0 Å². The Kier molecular flexibility index (Phi) is 4.16. The fourth-order valence-electron chi connectivity index (χ4n) is 1.29. The van der Waals surface area contributed by atoms with E-state index in [1.54, 1.807) is 0 Å². The lowest BCUT2D eigenvalue weighted by Crippen LogP contribution is -2.19. The summed E-state index contributed by atoms with van der Waals surface area (Å²) >= 11 is 0. The number of nitrogens with one attached hydrogen (secondary N) is 1. The van der Waals surface area contributed by atoms with Gasteiger partial charge in [-0.3, -0.25) is 5.41 Å². The third-order valence-electron chi connectivity index (χ3n) is 2.46. The van der Waals surface area contributed by atoms with Crippen LogP contribution in [0.5, 0.6) is 5.75 Å². The molecule has 0 amide bonds. The Morgan fingerprint density at radius 3 is 2.47 bits per heavy atom. The molecule has 15 heavy (non-hydrogen) atoms. The number of amidine groups is 1. The zero-order chi connectivity index (χ0) is 11.3. The van der Waals surface area contributed by atoms with Crippen molar-refractivity contribution < 1.29 is 4.74 Å². The van der Waals surface area contributed by atoms with Crippen LogP contribution < -0.4 is 10.5 Å². The van der Waals surface area contributed by atoms with E-state index in [1.807, 2.05) is 12.1 Å². The molecule has 3 N–H and O–H groups in total. The average molecular weight is 206 g/mol. The first-order valence-corrected chi connectivity index (χ1v) is 5.19. The molecule has 3 heteroatoms. The summed E-state index contributed by atoms with van der Waals surface area (Å²) in [7, 11) is 0. The zero-order valence-corrected chi connectivity index (χ0v) is 9.29. The molecule has 3 nitrogen and oxygen atoms in total. The SMILES string of the molecule is CCC(C)c1ccc(OCC(=N)N)cc1. The van der Waals surface area contributed by atoms with E-state index in [0.717, 1.165) is 12.2 Å². The smallest absolute Gasteiger partial charge is 0.145 e. The van der Waals surface area contributed by atoms with Crippen LogP contribution in [-0.4, -0.2) is 12.4 Å². The molecule has 0 saturated carbocycles. The molecule has 0 aliphatic heterocycles. The minimum atomic E-state index is 0.0426. The molecule has 1 aromatic rings. The van der Waals surface area contributed by atoms with Crippen LogP contribution in [-0.2, 0) is 0 Å². The molecule has 1 rings (SSSR count). The quantitative estimate of drug-likeness (QED) is 0.574. The Morgan fingerprint density at radius 2 is 2.00 bits per heavy atom. The predicted molar refractivity (Wildman–Crippen MR) is 62.6 cm³/mol. The molecule has 0 aliphatic carbocycles. The third-order valence-corrected chi connectivity index (χ3v) is 2.46. The van der Waals surface area contributed by atoms with Crippen LogP contribution >= 0.6 is 0 Å². The summed E-state index contributed by atoms with van der Waals surface area (Å²) in [4.78, 5) is 0. The molecule has 0 heterocycles. The second kappa shape index (κ2) is 5.39. The van der Waals surface area contributed by atoms with Crippen LogP contribution in [0.15, 0.2) is 24.3 Å². The van der Waals surface area contributed by atoms with Crippen LogP contribution in [0, 0.1) is 5.41 Å². The Labute approximate surface area is 90.8 Å². The minimum Gasteiger partial charge on any atom is -0.486 e. The minimum absolute atomic E-state index is 0.0426. The highest BCUT2D eigenvalue weighted by atomic mass is 16.5. The molecule has 0 aromatic heterocycles. The summed E-state index contributed by atoms with van der Waals surface area (Å²) in [6, 6.07) is 7.96. The van der Waals surface area contributed by atoms with Crippen molar-refractivity contribution in [1.82, 2.24) is 0 Å². The van der Waals surface area contributed by atoms with Gasteiger partial charge in [-0.1, -0.05) is 26.0 Å². The van der Waals surface area contributed by atoms with Gasteiger partial charge in [0.25, 0.3) is 0 Å². The molecule has 0 radical (unpaired) electrons. The van der Waals surface area contributed by atoms with Crippen LogP contribution in [0.1, 0.15) is 31.7 Å². The molecule has 0 spiro atoms. The van der Waals surface area contributed by atoms with E-state index in [2.05, 4.69) is 26.0 Å². The maximum Gasteiger partial charge on any atom is 0.145 e. The molecule has 1 aromatic carbocycles. The van der Waals surface area contributed by atoms with Gasteiger partial charge in [-0.25, -0.2) is 0 Å². The van der Waals surface area contributed by atoms with Gasteiger partial charge in [0.1, 0.15) is 18.2 Å². The van der Waals surface area contributed by atoms with Crippen molar-refractivity contribution in [3.05, 3.63) is 29.8 Å². The normalized spacial score (nSPS) is 12.1. The second-order valence-corrected chi connectivity index (χ2v) is 3.69. The molecule has 0 saturated heterocycles. The van der Waals surface area contributed by atoms with E-state index < -0.39 is 0 Å². The van der Waals surface area contributed by atoms with Crippen molar-refractivity contribution in [3.8, 4) is 5.75 Å². The van der Waals surface area contributed by atoms with Crippen LogP contribution in [0.2, 0.25) is 0 Å². The molecular formula is C12H18N2O. The molecule has 82 valence electrons. The van der Waals surface area contributed by atoms with E-state index in [4.69, 9.17) is 15.9 Å². The van der Waals surface area contributed by atoms with Crippen molar-refractivity contribution in [2.75, 3.05) is 6.61 Å². The maximum atomic E-state index is 7.04. The van der Waals surface area contributed by atoms with Gasteiger partial charge >= 0.3 is 0 Å². The highest BCUT2D eigenvalue weighted by Gasteiger charge is 2.02. The first kappa shape index (κ1) is 11.6. The van der Waals surface area contributed by atoms with Crippen LogP contribution in [0.25, 0.3) is 0 Å². The molecule has 0 aliphatic rings. The van der Waals surface area contributed by atoms with Crippen LogP contribution in [0.3, 0.4) is 0 Å². The molecule has 1 atom stereocenters. The number of rotatable bonds is 5. The highest BCUT2D eigenvalue weighted by molar-refractivity contribution is 5.78. The number of benzene rings is 1. The van der Waals surface area contributed by atoms with E-state index >= 15 is 0 Å². The topological polar surface area (TPSA) is 59.1 Å². The van der Waals surface area contributed by atoms with Gasteiger partial charge in [-0.15, -0.1) is 0 Å². The number of ether oxygens (including phenoxy) is 1. The van der Waals surface area contributed by atoms with Gasteiger partial charge in [0.15, 0.2) is 0 Å². The second-order valence-electron chi connectivity index (χ2n) is 3.69. The Hall–Kier alpha value is -1.51. The number of nitrogens with two attached hydrogens (primary N) is 1. The summed E-state index contributed by atoms with van der Waals surface area (Å²) < 4.78 is 5.29. The average Bonchev–Trinajstić information content (AvgIpc) is 2.26. The van der Waals surface area contributed by atoms with E-state index in [-0.39, 0.29) is 12.4 Å². The highest BCUT2D eigenvalue weighted by Crippen LogP contribution is 2.21. The fraction of sp³-hybridized carbons (Fsp3) is 0.417. The lowest BCUT2D eigenvalue weighted by atomic mass is 9.99. The molecular weight excluding hydrogens is 188 g/mol. The summed E-state index contributed by atoms with van der Waals surface area (Å²) in [5, 5.41) is 7.04. The Bertz CT molecular complexity index is 319. The van der Waals surface area contributed by atoms with Gasteiger partial charge < -0.3 is 10.5 Å². The monoisotopic (exact) mass is 206 g/mol. The lowest BCUT2D eigenvalue weighted by molar-refractivity contribution is 0.374. The number of hydrogen-bond donors (Lipinski definition) is 2. The van der Waals surface area contributed by atoms with E-state index in [9.17, 15) is 0 Å². The standard InChI is InChI=1S/C12H18N2O/c1-3-9(2)10-4-6-11(7-5-10)15-8-12(13)14/h4-7,9H,3,8H2,1-2H3,(H3,13,14). The Balaban J connectivity index is 2.60. The number of hydrogen-bond acceptors (Lipinski definition) is 2. The van der Waals surface area contributed by atoms with Crippen molar-refractivity contribution in [1.29, 1.82) is 5.41 Å². The predicted octanol–water partition coefficient (Wildman–Crippen LogP) is 2.51. The van der Waals surface area contributed by atoms with E-state index in [1.165, 1.54) is 5.56 Å². The van der Waals surface area contributed by atoms with Crippen LogP contribution in [0.4, 0.5) is 0 Å². The third kappa shape index (κ3) is 3.62. The molecule has 0 fully saturated rings. The van der Waals surface area contributed by atoms with Gasteiger partial charge in [-0.2, -0.15) is 0 Å². The van der Waals surface area contributed by atoms with Crippen molar-refractivity contribution in [2.24, 2.45) is 5.73 Å². The first-order valence-electron chi connectivity index (χ1n) is 5.19. The summed E-state index contributed by atoms with van der Waals surface area (Å²) in [5.41, 5.74) is 6.51. The fourth-order valence-corrected chi connectivity index (χ4v) is 1.29. The largest absolute Gasteiger partial charge is 0.486 e. The lowest BCUT2D eigenvalue weighted by Gasteiger charge is -2.10. The summed E-state index contributed by atoms with van der Waals surface area (Å²) in [5.74, 6) is 1.38. The van der Waals surface area contributed by atoms with Gasteiger partial charge in [-0.05, 0) is 30.0 Å². The Morgan fingerprint density at radius 1 is 1.40 bits per heavy atom. The van der Waals surface area contributed by atoms with Gasteiger partial charge in [0.2, 0.25) is 0 Å². The summed E-state index contributed by atoms with van der Waals surface area (Å²) in [6.45, 7) is 4.53. The van der Waals surface area contributed by atoms with Crippen molar-refractivity contribution in [3.63, 3.8) is 0 Å².